The van der Waals surface area contributed by atoms with E-state index in [0.717, 1.165) is 0 Å². The number of fused-ring (bicyclic) bond motifs is 1. The molecular weight excluding hydrogens is 374 g/mol. The van der Waals surface area contributed by atoms with Gasteiger partial charge in [0.05, 0.1) is 18.6 Å². The zero-order valence-corrected chi connectivity index (χ0v) is 15.0. The van der Waals surface area contributed by atoms with Crippen LogP contribution in [-0.2, 0) is 16.6 Å². The van der Waals surface area contributed by atoms with Crippen molar-refractivity contribution in [3.8, 4) is 28.6 Å². The van der Waals surface area contributed by atoms with Crippen molar-refractivity contribution in [3.63, 3.8) is 0 Å². The fourth-order valence-corrected chi connectivity index (χ4v) is 3.45. The molecule has 27 heavy (non-hydrogen) atoms. The van der Waals surface area contributed by atoms with Crippen LogP contribution in [0.15, 0.2) is 51.9 Å². The zero-order valence-electron chi connectivity index (χ0n) is 14.2. The molecule has 3 aromatic rings. The second-order valence-corrected chi connectivity index (χ2v) is 7.35. The van der Waals surface area contributed by atoms with Crippen molar-refractivity contribution in [2.45, 2.75) is 11.4 Å². The molecule has 0 saturated carbocycles. The molecule has 0 spiro atoms. The van der Waals surface area contributed by atoms with Gasteiger partial charge in [-0.15, -0.1) is 0 Å². The quantitative estimate of drug-likeness (QED) is 0.681. The van der Waals surface area contributed by atoms with E-state index in [4.69, 9.17) is 18.7 Å². The third kappa shape index (κ3) is 3.57. The largest absolute Gasteiger partial charge is 0.497 e. The Bertz CT molecular complexity index is 1060. The van der Waals surface area contributed by atoms with E-state index in [9.17, 15) is 8.42 Å². The predicted octanol–water partition coefficient (Wildman–Crippen LogP) is 1.95. The monoisotopic (exact) mass is 389 g/mol. The fraction of sp³-hybridized carbons (Fsp3) is 0.176. The van der Waals surface area contributed by atoms with Gasteiger partial charge in [0, 0.05) is 5.56 Å². The van der Waals surface area contributed by atoms with Crippen LogP contribution < -0.4 is 18.9 Å². The van der Waals surface area contributed by atoms with Crippen LogP contribution in [0.3, 0.4) is 0 Å². The molecule has 1 aliphatic rings. The summed E-state index contributed by atoms with van der Waals surface area (Å²) in [6.45, 7) is 0.0370. The molecule has 2 aromatic carbocycles. The van der Waals surface area contributed by atoms with E-state index in [2.05, 4.69) is 14.9 Å². The average Bonchev–Trinajstić information content (AvgIpc) is 3.35. The number of nitrogens with one attached hydrogen (secondary N) is 1. The van der Waals surface area contributed by atoms with Gasteiger partial charge in [-0.25, -0.2) is 13.1 Å². The lowest BCUT2D eigenvalue weighted by molar-refractivity contribution is 0.174. The second kappa shape index (κ2) is 6.89. The summed E-state index contributed by atoms with van der Waals surface area (Å²) in [5.74, 6) is 2.28. The Morgan fingerprint density at radius 1 is 1.11 bits per heavy atom. The van der Waals surface area contributed by atoms with Gasteiger partial charge in [0.1, 0.15) is 5.75 Å². The number of rotatable bonds is 6. The Morgan fingerprint density at radius 3 is 2.67 bits per heavy atom. The molecule has 0 aliphatic carbocycles. The predicted molar refractivity (Wildman–Crippen MR) is 92.9 cm³/mol. The first kappa shape index (κ1) is 17.3. The molecule has 0 radical (unpaired) electrons. The van der Waals surface area contributed by atoms with Gasteiger partial charge in [-0.3, -0.25) is 0 Å². The number of aromatic nitrogens is 2. The minimum atomic E-state index is -3.72. The van der Waals surface area contributed by atoms with Crippen LogP contribution in [-0.4, -0.2) is 32.5 Å². The number of benzene rings is 2. The van der Waals surface area contributed by atoms with Gasteiger partial charge in [-0.05, 0) is 42.5 Å². The lowest BCUT2D eigenvalue weighted by Crippen LogP contribution is -2.23. The van der Waals surface area contributed by atoms with Crippen molar-refractivity contribution in [1.82, 2.24) is 14.9 Å². The van der Waals surface area contributed by atoms with Crippen LogP contribution in [0.25, 0.3) is 11.4 Å². The van der Waals surface area contributed by atoms with Gasteiger partial charge in [0.2, 0.25) is 28.5 Å². The van der Waals surface area contributed by atoms with E-state index in [0.29, 0.717) is 28.6 Å². The van der Waals surface area contributed by atoms with Crippen molar-refractivity contribution < 1.29 is 27.2 Å². The van der Waals surface area contributed by atoms with E-state index < -0.39 is 10.0 Å². The summed E-state index contributed by atoms with van der Waals surface area (Å²) in [4.78, 5) is 4.32. The number of ether oxygens (including phenoxy) is 3. The SMILES string of the molecule is COc1ccc(S(=O)(=O)NCc2nc(-c3ccc4c(c3)OCO4)no2)cc1. The molecule has 1 aliphatic heterocycles. The highest BCUT2D eigenvalue weighted by atomic mass is 32.2. The number of hydrogen-bond acceptors (Lipinski definition) is 8. The molecule has 0 saturated heterocycles. The minimum Gasteiger partial charge on any atom is -0.497 e. The van der Waals surface area contributed by atoms with Crippen LogP contribution in [0.1, 0.15) is 5.89 Å². The highest BCUT2D eigenvalue weighted by Crippen LogP contribution is 2.35. The van der Waals surface area contributed by atoms with E-state index in [1.165, 1.54) is 19.2 Å². The summed E-state index contributed by atoms with van der Waals surface area (Å²) in [5, 5.41) is 3.87. The Balaban J connectivity index is 1.46. The summed E-state index contributed by atoms with van der Waals surface area (Å²) < 4.78 is 47.8. The van der Waals surface area contributed by atoms with Gasteiger partial charge < -0.3 is 18.7 Å². The summed E-state index contributed by atoms with van der Waals surface area (Å²) in [6.07, 6.45) is 0. The number of hydrogen-bond donors (Lipinski definition) is 1. The van der Waals surface area contributed by atoms with E-state index >= 15 is 0 Å². The Morgan fingerprint density at radius 2 is 1.89 bits per heavy atom. The molecule has 4 rings (SSSR count). The normalized spacial score (nSPS) is 12.9. The maximum absolute atomic E-state index is 12.3. The van der Waals surface area contributed by atoms with Gasteiger partial charge in [-0.1, -0.05) is 5.16 Å². The number of sulfonamides is 1. The summed E-state index contributed by atoms with van der Waals surface area (Å²) >= 11 is 0. The molecule has 0 unspecified atom stereocenters. The summed E-state index contributed by atoms with van der Waals surface area (Å²) in [5.41, 5.74) is 0.673. The summed E-state index contributed by atoms with van der Waals surface area (Å²) in [7, 11) is -2.21. The molecule has 2 heterocycles. The topological polar surface area (TPSA) is 113 Å². The lowest BCUT2D eigenvalue weighted by atomic mass is 10.2. The van der Waals surface area contributed by atoms with Gasteiger partial charge in [0.15, 0.2) is 11.5 Å². The van der Waals surface area contributed by atoms with Crippen molar-refractivity contribution in [1.29, 1.82) is 0 Å². The molecule has 0 atom stereocenters. The number of nitrogens with zero attached hydrogens (tertiary/aromatic N) is 2. The fourth-order valence-electron chi connectivity index (χ4n) is 2.47. The number of methoxy groups -OCH3 is 1. The van der Waals surface area contributed by atoms with Crippen molar-refractivity contribution >= 4 is 10.0 Å². The standard InChI is InChI=1S/C17H15N3O6S/c1-23-12-3-5-13(6-4-12)27(21,22)18-9-16-19-17(20-26-16)11-2-7-14-15(8-11)25-10-24-14/h2-8,18H,9-10H2,1H3. The maximum atomic E-state index is 12.3. The first-order valence-electron chi connectivity index (χ1n) is 7.91. The first-order valence-corrected chi connectivity index (χ1v) is 9.40. The van der Waals surface area contributed by atoms with Gasteiger partial charge in [0.25, 0.3) is 0 Å². The minimum absolute atomic E-state index is 0.110. The van der Waals surface area contributed by atoms with Crippen molar-refractivity contribution in [3.05, 3.63) is 48.4 Å². The lowest BCUT2D eigenvalue weighted by Gasteiger charge is -2.05. The summed E-state index contributed by atoms with van der Waals surface area (Å²) in [6, 6.07) is 11.3. The van der Waals surface area contributed by atoms with E-state index in [1.54, 1.807) is 30.3 Å². The van der Waals surface area contributed by atoms with Crippen LogP contribution >= 0.6 is 0 Å². The smallest absolute Gasteiger partial charge is 0.242 e. The van der Waals surface area contributed by atoms with Crippen LogP contribution in [0.4, 0.5) is 0 Å². The van der Waals surface area contributed by atoms with E-state index in [1.807, 2.05) is 0 Å². The Kier molecular flexibility index (Phi) is 4.42. The first-order chi connectivity index (χ1) is 13.0. The molecule has 10 heteroatoms. The third-order valence-corrected chi connectivity index (χ3v) is 5.30. The molecule has 1 aromatic heterocycles. The molecule has 0 amide bonds. The average molecular weight is 389 g/mol. The Labute approximate surface area is 154 Å². The zero-order chi connectivity index (χ0) is 18.9. The molecule has 1 N–H and O–H groups in total. The third-order valence-electron chi connectivity index (χ3n) is 3.88. The molecular formula is C17H15N3O6S. The van der Waals surface area contributed by atoms with Crippen LogP contribution in [0, 0.1) is 0 Å². The van der Waals surface area contributed by atoms with Crippen LogP contribution in [0.2, 0.25) is 0 Å². The van der Waals surface area contributed by atoms with E-state index in [-0.39, 0.29) is 24.1 Å². The second-order valence-electron chi connectivity index (χ2n) is 5.58. The van der Waals surface area contributed by atoms with Crippen molar-refractivity contribution in [2.24, 2.45) is 0 Å². The maximum Gasteiger partial charge on any atom is 0.242 e. The van der Waals surface area contributed by atoms with Gasteiger partial charge >= 0.3 is 0 Å². The molecule has 9 nitrogen and oxygen atoms in total. The molecule has 0 bridgehead atoms. The highest BCUT2D eigenvalue weighted by molar-refractivity contribution is 7.89. The van der Waals surface area contributed by atoms with Crippen molar-refractivity contribution in [2.75, 3.05) is 13.9 Å². The molecule has 140 valence electrons. The molecule has 0 fully saturated rings. The Hall–Kier alpha value is -3.11. The highest BCUT2D eigenvalue weighted by Gasteiger charge is 2.18. The van der Waals surface area contributed by atoms with Crippen LogP contribution in [0.5, 0.6) is 17.2 Å². The van der Waals surface area contributed by atoms with Gasteiger partial charge in [-0.2, -0.15) is 4.98 Å².